The van der Waals surface area contributed by atoms with Gasteiger partial charge in [0.1, 0.15) is 23.1 Å². The summed E-state index contributed by atoms with van der Waals surface area (Å²) in [4.78, 5) is 22.3. The second kappa shape index (κ2) is 7.87. The molecule has 0 radical (unpaired) electrons. The highest BCUT2D eigenvalue weighted by Gasteiger charge is 2.49. The van der Waals surface area contributed by atoms with E-state index in [1.807, 2.05) is 0 Å². The highest BCUT2D eigenvalue weighted by Crippen LogP contribution is 2.45. The van der Waals surface area contributed by atoms with Gasteiger partial charge in [0.15, 0.2) is 0 Å². The van der Waals surface area contributed by atoms with Crippen molar-refractivity contribution in [1.29, 1.82) is 0 Å². The first-order chi connectivity index (χ1) is 16.1. The van der Waals surface area contributed by atoms with E-state index in [-0.39, 0.29) is 16.9 Å². The average molecular weight is 491 g/mol. The minimum Gasteiger partial charge on any atom is -0.384 e. The first-order valence-corrected chi connectivity index (χ1v) is 11.0. The van der Waals surface area contributed by atoms with Gasteiger partial charge in [-0.15, -0.1) is 0 Å². The van der Waals surface area contributed by atoms with Gasteiger partial charge in [-0.1, -0.05) is 12.1 Å². The summed E-state index contributed by atoms with van der Waals surface area (Å²) < 4.78 is 59.8. The number of carbonyl (C=O) groups excluding carboxylic acids is 1. The predicted molar refractivity (Wildman–Crippen MR) is 125 cm³/mol. The molecule has 6 nitrogen and oxygen atoms in total. The predicted octanol–water partition coefficient (Wildman–Crippen LogP) is 5.27. The van der Waals surface area contributed by atoms with E-state index < -0.39 is 40.5 Å². The lowest BCUT2D eigenvalue weighted by Gasteiger charge is -2.30. The maximum Gasteiger partial charge on any atom is 0.303 e. The fourth-order valence-corrected chi connectivity index (χ4v) is 4.32. The standard InChI is InChI=1S/C25H26F4N4O2/c1-12(14-8-7-9-16(20(14)26)25(28,29)23(3,4)35)30-21-15-10-19-17(11-18(15)31-13(2)32-21)24(5,27)22(34)33(19)6/h7-12,35H,1-6H3,(H,30,31,32). The van der Waals surface area contributed by atoms with E-state index in [0.29, 0.717) is 22.4 Å². The minimum atomic E-state index is -3.83. The smallest absolute Gasteiger partial charge is 0.303 e. The molecule has 3 aromatic rings. The van der Waals surface area contributed by atoms with Crippen molar-refractivity contribution in [2.24, 2.45) is 0 Å². The fourth-order valence-electron chi connectivity index (χ4n) is 4.32. The number of nitrogens with one attached hydrogen (secondary N) is 1. The van der Waals surface area contributed by atoms with Crippen LogP contribution in [0.25, 0.3) is 10.9 Å². The first kappa shape index (κ1) is 24.8. The van der Waals surface area contributed by atoms with Crippen molar-refractivity contribution in [2.75, 3.05) is 17.3 Å². The van der Waals surface area contributed by atoms with Crippen molar-refractivity contribution in [3.05, 3.63) is 58.7 Å². The Kier molecular flexibility index (Phi) is 5.59. The number of alkyl halides is 3. The zero-order valence-corrected chi connectivity index (χ0v) is 20.2. The number of halogens is 4. The van der Waals surface area contributed by atoms with E-state index in [1.54, 1.807) is 19.9 Å². The summed E-state index contributed by atoms with van der Waals surface area (Å²) in [6.45, 7) is 6.23. The third-order valence-corrected chi connectivity index (χ3v) is 6.45. The van der Waals surface area contributed by atoms with Gasteiger partial charge < -0.3 is 15.3 Å². The van der Waals surface area contributed by atoms with Gasteiger partial charge in [0.05, 0.1) is 22.8 Å². The molecule has 0 fully saturated rings. The molecule has 10 heteroatoms. The Morgan fingerprint density at radius 1 is 1.20 bits per heavy atom. The second-order valence-corrected chi connectivity index (χ2v) is 9.58. The second-order valence-electron chi connectivity index (χ2n) is 9.58. The number of carbonyl (C=O) groups is 1. The molecule has 2 unspecified atom stereocenters. The molecule has 0 saturated heterocycles. The molecule has 1 aromatic heterocycles. The van der Waals surface area contributed by atoms with Crippen molar-refractivity contribution in [3.8, 4) is 0 Å². The molecule has 0 bridgehead atoms. The highest BCUT2D eigenvalue weighted by molar-refractivity contribution is 6.09. The number of aryl methyl sites for hydroxylation is 1. The Morgan fingerprint density at radius 3 is 2.49 bits per heavy atom. The molecule has 0 spiro atoms. The van der Waals surface area contributed by atoms with Gasteiger partial charge in [-0.3, -0.25) is 4.79 Å². The normalized spacial score (nSPS) is 19.3. The van der Waals surface area contributed by atoms with Crippen LogP contribution in [0.3, 0.4) is 0 Å². The van der Waals surface area contributed by atoms with E-state index in [9.17, 15) is 18.7 Å². The lowest BCUT2D eigenvalue weighted by Crippen LogP contribution is -2.41. The molecule has 1 aliphatic rings. The van der Waals surface area contributed by atoms with Crippen molar-refractivity contribution in [2.45, 2.75) is 57.9 Å². The number of rotatable bonds is 5. The molecule has 2 heterocycles. The maximum atomic E-state index is 15.3. The molecule has 35 heavy (non-hydrogen) atoms. The zero-order valence-electron chi connectivity index (χ0n) is 20.2. The Bertz CT molecular complexity index is 1350. The number of aromatic nitrogens is 2. The van der Waals surface area contributed by atoms with Crippen molar-refractivity contribution >= 4 is 28.3 Å². The molecule has 0 aliphatic carbocycles. The first-order valence-electron chi connectivity index (χ1n) is 11.0. The van der Waals surface area contributed by atoms with E-state index >= 15 is 8.78 Å². The van der Waals surface area contributed by atoms with E-state index in [2.05, 4.69) is 15.3 Å². The highest BCUT2D eigenvalue weighted by atomic mass is 19.3. The van der Waals surface area contributed by atoms with Crippen molar-refractivity contribution in [1.82, 2.24) is 9.97 Å². The molecular weight excluding hydrogens is 464 g/mol. The number of benzene rings is 2. The SMILES string of the molecule is Cc1nc(NC(C)c2cccc(C(F)(F)C(C)(C)O)c2F)c2cc3c(cc2n1)C(C)(F)C(=O)N3C. The lowest BCUT2D eigenvalue weighted by molar-refractivity contribution is -0.170. The van der Waals surface area contributed by atoms with Crippen LogP contribution in [0.2, 0.25) is 0 Å². The van der Waals surface area contributed by atoms with Crippen LogP contribution < -0.4 is 10.2 Å². The van der Waals surface area contributed by atoms with Crippen molar-refractivity contribution < 1.29 is 27.5 Å². The zero-order chi connectivity index (χ0) is 26.1. The van der Waals surface area contributed by atoms with Gasteiger partial charge in [0.2, 0.25) is 5.67 Å². The van der Waals surface area contributed by atoms with E-state index in [0.717, 1.165) is 19.9 Å². The number of fused-ring (bicyclic) bond motifs is 2. The molecule has 0 saturated carbocycles. The van der Waals surface area contributed by atoms with Crippen LogP contribution in [0.5, 0.6) is 0 Å². The van der Waals surface area contributed by atoms with Crippen molar-refractivity contribution in [3.63, 3.8) is 0 Å². The summed E-state index contributed by atoms with van der Waals surface area (Å²) in [7, 11) is 1.46. The number of nitrogens with zero attached hydrogens (tertiary/aromatic N) is 3. The molecule has 1 amide bonds. The summed E-state index contributed by atoms with van der Waals surface area (Å²) >= 11 is 0. The maximum absolute atomic E-state index is 15.3. The summed E-state index contributed by atoms with van der Waals surface area (Å²) in [5.41, 5.74) is -4.73. The third-order valence-electron chi connectivity index (χ3n) is 6.45. The van der Waals surface area contributed by atoms with Crippen LogP contribution >= 0.6 is 0 Å². The van der Waals surface area contributed by atoms with Gasteiger partial charge in [-0.05, 0) is 52.8 Å². The van der Waals surface area contributed by atoms with Crippen LogP contribution in [0.4, 0.5) is 29.1 Å². The van der Waals surface area contributed by atoms with Crippen LogP contribution in [-0.2, 0) is 16.4 Å². The van der Waals surface area contributed by atoms with Crippen LogP contribution in [0, 0.1) is 12.7 Å². The summed E-state index contributed by atoms with van der Waals surface area (Å²) in [5, 5.41) is 13.4. The fraction of sp³-hybridized carbons (Fsp3) is 0.400. The van der Waals surface area contributed by atoms with Crippen LogP contribution in [-0.4, -0.2) is 33.6 Å². The lowest BCUT2D eigenvalue weighted by atomic mass is 9.91. The van der Waals surface area contributed by atoms with Crippen LogP contribution in [0.1, 0.15) is 56.3 Å². The number of likely N-dealkylation sites (N-methyl/N-ethyl adjacent to an activating group) is 1. The molecule has 2 N–H and O–H groups in total. The Hall–Kier alpha value is -3.27. The third kappa shape index (κ3) is 3.80. The quantitative estimate of drug-likeness (QED) is 0.476. The molecular formula is C25H26F4N4O2. The van der Waals surface area contributed by atoms with Gasteiger partial charge in [0, 0.05) is 23.6 Å². The largest absolute Gasteiger partial charge is 0.384 e. The van der Waals surface area contributed by atoms with Gasteiger partial charge >= 0.3 is 5.92 Å². The number of hydrogen-bond donors (Lipinski definition) is 2. The Morgan fingerprint density at radius 2 is 1.86 bits per heavy atom. The molecule has 1 aliphatic heterocycles. The van der Waals surface area contributed by atoms with Gasteiger partial charge in [-0.2, -0.15) is 8.78 Å². The van der Waals surface area contributed by atoms with Gasteiger partial charge in [-0.25, -0.2) is 18.7 Å². The Labute approximate surface area is 200 Å². The van der Waals surface area contributed by atoms with Crippen LogP contribution in [0.15, 0.2) is 30.3 Å². The van der Waals surface area contributed by atoms with E-state index in [1.165, 1.54) is 37.1 Å². The number of amides is 1. The molecule has 186 valence electrons. The summed E-state index contributed by atoms with van der Waals surface area (Å²) in [6, 6.07) is 5.86. The van der Waals surface area contributed by atoms with Gasteiger partial charge in [0.25, 0.3) is 5.91 Å². The number of aliphatic hydroxyl groups is 1. The molecule has 2 aromatic carbocycles. The Balaban J connectivity index is 1.79. The monoisotopic (exact) mass is 490 g/mol. The van der Waals surface area contributed by atoms with E-state index in [4.69, 9.17) is 0 Å². The summed E-state index contributed by atoms with van der Waals surface area (Å²) in [5.74, 6) is -5.07. The molecule has 4 rings (SSSR count). The number of hydrogen-bond acceptors (Lipinski definition) is 5. The summed E-state index contributed by atoms with van der Waals surface area (Å²) in [6.07, 6.45) is 0. The topological polar surface area (TPSA) is 78.4 Å². The minimum absolute atomic E-state index is 0.0550. The molecule has 2 atom stereocenters. The average Bonchev–Trinajstić information content (AvgIpc) is 2.91. The number of anilines is 2.